The van der Waals surface area contributed by atoms with Gasteiger partial charge in [0.1, 0.15) is 6.61 Å². The van der Waals surface area contributed by atoms with Gasteiger partial charge in [-0.05, 0) is 36.8 Å². The lowest BCUT2D eigenvalue weighted by Gasteiger charge is -2.03. The van der Waals surface area contributed by atoms with Crippen molar-refractivity contribution in [1.29, 1.82) is 0 Å². The van der Waals surface area contributed by atoms with Gasteiger partial charge in [-0.25, -0.2) is 0 Å². The average Bonchev–Trinajstić information content (AvgIpc) is 2.46. The molecule has 0 fully saturated rings. The third-order valence-corrected chi connectivity index (χ3v) is 2.75. The molecule has 130 valence electrons. The van der Waals surface area contributed by atoms with Crippen LogP contribution in [0.1, 0.15) is 47.0 Å². The Bertz CT molecular complexity index is 420. The number of nitrogens with one attached hydrogen (secondary N) is 1. The highest BCUT2D eigenvalue weighted by molar-refractivity contribution is 5.87. The molecular formula is C19H31NO3. The predicted molar refractivity (Wildman–Crippen MR) is 94.9 cm³/mol. The third-order valence-electron chi connectivity index (χ3n) is 2.75. The van der Waals surface area contributed by atoms with Crippen molar-refractivity contribution in [1.82, 2.24) is 5.32 Å². The number of carbonyl (C=O) groups excluding carboxylic acids is 2. The summed E-state index contributed by atoms with van der Waals surface area (Å²) in [6.45, 7) is 9.12. The average molecular weight is 321 g/mol. The van der Waals surface area contributed by atoms with E-state index in [0.29, 0.717) is 31.4 Å². The summed E-state index contributed by atoms with van der Waals surface area (Å²) in [5, 5.41) is 2.83. The van der Waals surface area contributed by atoms with Crippen molar-refractivity contribution in [3.05, 3.63) is 36.5 Å². The van der Waals surface area contributed by atoms with Crippen LogP contribution in [0.5, 0.6) is 0 Å². The van der Waals surface area contributed by atoms with Gasteiger partial charge in [-0.2, -0.15) is 0 Å². The number of hydrogen-bond donors (Lipinski definition) is 1. The maximum atomic E-state index is 11.4. The van der Waals surface area contributed by atoms with Gasteiger partial charge in [0.25, 0.3) is 0 Å². The van der Waals surface area contributed by atoms with Crippen molar-refractivity contribution in [2.45, 2.75) is 47.0 Å². The van der Waals surface area contributed by atoms with E-state index >= 15 is 0 Å². The lowest BCUT2D eigenvalue weighted by atomic mass is 10.1. The highest BCUT2D eigenvalue weighted by atomic mass is 16.5. The topological polar surface area (TPSA) is 55.4 Å². The summed E-state index contributed by atoms with van der Waals surface area (Å²) in [4.78, 5) is 22.7. The fraction of sp³-hybridized carbons (Fsp3) is 0.579. The van der Waals surface area contributed by atoms with E-state index in [2.05, 4.69) is 19.2 Å². The van der Waals surface area contributed by atoms with Crippen LogP contribution in [0.25, 0.3) is 0 Å². The SMILES string of the molecule is CC(C)CNC(=O)/C=C/CC/C=C\C=C\COC(=O)CC(C)C. The number of allylic oxidation sites excluding steroid dienone is 4. The van der Waals surface area contributed by atoms with Crippen LogP contribution in [0.15, 0.2) is 36.5 Å². The van der Waals surface area contributed by atoms with Crippen molar-refractivity contribution in [3.8, 4) is 0 Å². The minimum atomic E-state index is -0.158. The maximum Gasteiger partial charge on any atom is 0.306 e. The molecule has 1 amide bonds. The van der Waals surface area contributed by atoms with E-state index in [9.17, 15) is 9.59 Å². The Morgan fingerprint density at radius 3 is 2.26 bits per heavy atom. The number of carbonyl (C=O) groups is 2. The fourth-order valence-electron chi connectivity index (χ4n) is 1.59. The molecule has 0 unspecified atom stereocenters. The van der Waals surface area contributed by atoms with Crippen molar-refractivity contribution < 1.29 is 14.3 Å². The Hall–Kier alpha value is -1.84. The van der Waals surface area contributed by atoms with Crippen LogP contribution in [0.4, 0.5) is 0 Å². The lowest BCUT2D eigenvalue weighted by molar-refractivity contribution is -0.143. The molecule has 0 saturated carbocycles. The smallest absolute Gasteiger partial charge is 0.306 e. The van der Waals surface area contributed by atoms with Gasteiger partial charge in [0.15, 0.2) is 0 Å². The van der Waals surface area contributed by atoms with Gasteiger partial charge in [-0.1, -0.05) is 52.0 Å². The zero-order valence-electron chi connectivity index (χ0n) is 14.9. The van der Waals surface area contributed by atoms with Crippen LogP contribution in [-0.2, 0) is 14.3 Å². The minimum absolute atomic E-state index is 0.0363. The summed E-state index contributed by atoms with van der Waals surface area (Å²) >= 11 is 0. The van der Waals surface area contributed by atoms with E-state index in [4.69, 9.17) is 4.74 Å². The Labute approximate surface area is 140 Å². The second-order valence-corrected chi connectivity index (χ2v) is 6.26. The van der Waals surface area contributed by atoms with Crippen molar-refractivity contribution in [2.24, 2.45) is 11.8 Å². The largest absolute Gasteiger partial charge is 0.461 e. The molecule has 23 heavy (non-hydrogen) atoms. The predicted octanol–water partition coefficient (Wildman–Crippen LogP) is 3.80. The van der Waals surface area contributed by atoms with E-state index in [1.54, 1.807) is 6.08 Å². The molecule has 4 heteroatoms. The molecule has 0 aliphatic heterocycles. The molecule has 0 aromatic rings. The standard InChI is InChI=1S/C19H31NO3/c1-16(2)14-19(22)23-13-11-9-7-5-6-8-10-12-18(21)20-15-17(3)4/h5,7,9-12,16-17H,6,8,13-15H2,1-4H3,(H,20,21)/b7-5-,11-9+,12-10+. The Morgan fingerprint density at radius 2 is 1.61 bits per heavy atom. The Balaban J connectivity index is 3.65. The van der Waals surface area contributed by atoms with E-state index in [1.165, 1.54) is 0 Å². The molecule has 0 aliphatic carbocycles. The van der Waals surface area contributed by atoms with Crippen LogP contribution in [0.2, 0.25) is 0 Å². The van der Waals surface area contributed by atoms with Gasteiger partial charge in [-0.15, -0.1) is 0 Å². The molecule has 0 atom stereocenters. The summed E-state index contributed by atoms with van der Waals surface area (Å²) < 4.78 is 5.05. The molecule has 0 rings (SSSR count). The first-order valence-electron chi connectivity index (χ1n) is 8.33. The second-order valence-electron chi connectivity index (χ2n) is 6.26. The molecule has 0 spiro atoms. The number of ether oxygens (including phenoxy) is 1. The van der Waals surface area contributed by atoms with Gasteiger partial charge >= 0.3 is 5.97 Å². The zero-order chi connectivity index (χ0) is 17.5. The Kier molecular flexibility index (Phi) is 12.7. The van der Waals surface area contributed by atoms with E-state index < -0.39 is 0 Å². The maximum absolute atomic E-state index is 11.4. The van der Waals surface area contributed by atoms with E-state index in [0.717, 1.165) is 12.8 Å². The van der Waals surface area contributed by atoms with Crippen molar-refractivity contribution in [3.63, 3.8) is 0 Å². The van der Waals surface area contributed by atoms with Crippen LogP contribution in [-0.4, -0.2) is 25.0 Å². The molecule has 0 aromatic heterocycles. The number of unbranched alkanes of at least 4 members (excludes halogenated alkanes) is 1. The second kappa shape index (κ2) is 13.8. The minimum Gasteiger partial charge on any atom is -0.461 e. The first kappa shape index (κ1) is 21.2. The molecule has 0 aromatic carbocycles. The summed E-state index contributed by atoms with van der Waals surface area (Å²) in [6.07, 6.45) is 13.2. The normalized spacial score (nSPS) is 12.1. The third kappa shape index (κ3) is 16.4. The highest BCUT2D eigenvalue weighted by Gasteiger charge is 2.03. The molecule has 0 aliphatic rings. The lowest BCUT2D eigenvalue weighted by Crippen LogP contribution is -2.25. The van der Waals surface area contributed by atoms with Crippen molar-refractivity contribution in [2.75, 3.05) is 13.2 Å². The highest BCUT2D eigenvalue weighted by Crippen LogP contribution is 2.00. The number of esters is 1. The molecule has 0 saturated heterocycles. The molecule has 0 heterocycles. The van der Waals surface area contributed by atoms with Crippen LogP contribution in [0.3, 0.4) is 0 Å². The molecule has 0 bridgehead atoms. The summed E-state index contributed by atoms with van der Waals surface area (Å²) in [5.41, 5.74) is 0. The monoisotopic (exact) mass is 321 g/mol. The van der Waals surface area contributed by atoms with Crippen molar-refractivity contribution >= 4 is 11.9 Å². The van der Waals surface area contributed by atoms with Crippen LogP contribution in [0, 0.1) is 11.8 Å². The fourth-order valence-corrected chi connectivity index (χ4v) is 1.59. The number of rotatable bonds is 11. The van der Waals surface area contributed by atoms with Gasteiger partial charge in [0.05, 0.1) is 0 Å². The first-order chi connectivity index (χ1) is 10.9. The van der Waals surface area contributed by atoms with Gasteiger partial charge in [0.2, 0.25) is 5.91 Å². The summed E-state index contributed by atoms with van der Waals surface area (Å²) in [6, 6.07) is 0. The Morgan fingerprint density at radius 1 is 0.957 bits per heavy atom. The molecule has 1 N–H and O–H groups in total. The number of hydrogen-bond acceptors (Lipinski definition) is 3. The van der Waals surface area contributed by atoms with Crippen LogP contribution < -0.4 is 5.32 Å². The first-order valence-corrected chi connectivity index (χ1v) is 8.33. The molecule has 4 nitrogen and oxygen atoms in total. The molecular weight excluding hydrogens is 290 g/mol. The van der Waals surface area contributed by atoms with Gasteiger partial charge in [-0.3, -0.25) is 9.59 Å². The van der Waals surface area contributed by atoms with Gasteiger partial charge < -0.3 is 10.1 Å². The quantitative estimate of drug-likeness (QED) is 0.272. The van der Waals surface area contributed by atoms with E-state index in [1.807, 2.05) is 44.2 Å². The molecule has 0 radical (unpaired) electrons. The summed E-state index contributed by atoms with van der Waals surface area (Å²) in [7, 11) is 0. The summed E-state index contributed by atoms with van der Waals surface area (Å²) in [5.74, 6) is 0.596. The zero-order valence-corrected chi connectivity index (χ0v) is 14.9. The number of amides is 1. The van der Waals surface area contributed by atoms with E-state index in [-0.39, 0.29) is 11.9 Å². The van der Waals surface area contributed by atoms with Gasteiger partial charge in [0, 0.05) is 13.0 Å². The van der Waals surface area contributed by atoms with Crippen LogP contribution >= 0.6 is 0 Å².